The summed E-state index contributed by atoms with van der Waals surface area (Å²) in [5.74, 6) is -1.37. The summed E-state index contributed by atoms with van der Waals surface area (Å²) in [5, 5.41) is 13.3. The zero-order chi connectivity index (χ0) is 26.0. The number of benzene rings is 3. The number of non-ortho nitro benzene ring substituents is 1. The second kappa shape index (κ2) is 10.1. The number of aryl methyl sites for hydroxylation is 2. The van der Waals surface area contributed by atoms with Gasteiger partial charge in [0.15, 0.2) is 0 Å². The van der Waals surface area contributed by atoms with E-state index in [0.717, 1.165) is 22.8 Å². The van der Waals surface area contributed by atoms with E-state index in [0.29, 0.717) is 20.7 Å². The molecule has 10 heteroatoms. The van der Waals surface area contributed by atoms with Crippen molar-refractivity contribution in [3.63, 3.8) is 0 Å². The maximum Gasteiger partial charge on any atom is 0.335 e. The Hall–Kier alpha value is -4.31. The zero-order valence-corrected chi connectivity index (χ0v) is 20.9. The van der Waals surface area contributed by atoms with Crippen molar-refractivity contribution >= 4 is 51.2 Å². The van der Waals surface area contributed by atoms with Gasteiger partial charge in [-0.05, 0) is 49.8 Å². The Bertz CT molecular complexity index is 1430. The molecular formula is C26H20BrN3O6. The molecule has 0 atom stereocenters. The SMILES string of the molecule is Cc1cc(C)cc(COc2ccc(Br)cc2/C=C2\C(=O)NC(=O)N(c3cccc([N+](=O)[O-])c3)C2=O)c1. The number of nitro groups is 1. The third kappa shape index (κ3) is 5.33. The highest BCUT2D eigenvalue weighted by molar-refractivity contribution is 9.10. The van der Waals surface area contributed by atoms with Crippen molar-refractivity contribution in [2.75, 3.05) is 4.90 Å². The van der Waals surface area contributed by atoms with Gasteiger partial charge >= 0.3 is 6.03 Å². The van der Waals surface area contributed by atoms with Crippen LogP contribution in [-0.2, 0) is 16.2 Å². The first-order valence-electron chi connectivity index (χ1n) is 10.8. The van der Waals surface area contributed by atoms with Gasteiger partial charge in [-0.15, -0.1) is 0 Å². The maximum atomic E-state index is 13.2. The summed E-state index contributed by atoms with van der Waals surface area (Å²) in [7, 11) is 0. The van der Waals surface area contributed by atoms with Crippen molar-refractivity contribution < 1.29 is 24.0 Å². The normalized spacial score (nSPS) is 14.7. The fraction of sp³-hybridized carbons (Fsp3) is 0.115. The molecule has 0 spiro atoms. The fourth-order valence-corrected chi connectivity index (χ4v) is 4.25. The molecule has 1 aliphatic heterocycles. The van der Waals surface area contributed by atoms with Crippen LogP contribution in [0.5, 0.6) is 5.75 Å². The van der Waals surface area contributed by atoms with Crippen molar-refractivity contribution in [2.24, 2.45) is 0 Å². The predicted octanol–water partition coefficient (Wildman–Crippen LogP) is 5.22. The van der Waals surface area contributed by atoms with Crippen molar-refractivity contribution in [1.29, 1.82) is 0 Å². The van der Waals surface area contributed by atoms with Crippen LogP contribution in [0.3, 0.4) is 0 Å². The summed E-state index contributed by atoms with van der Waals surface area (Å²) in [4.78, 5) is 49.5. The number of carbonyl (C=O) groups is 3. The molecule has 0 saturated carbocycles. The third-order valence-corrected chi connectivity index (χ3v) is 5.84. The Balaban J connectivity index is 1.68. The van der Waals surface area contributed by atoms with Crippen molar-refractivity contribution in [3.8, 4) is 5.75 Å². The van der Waals surface area contributed by atoms with E-state index < -0.39 is 22.8 Å². The van der Waals surface area contributed by atoms with E-state index in [-0.39, 0.29) is 23.6 Å². The molecule has 182 valence electrons. The largest absolute Gasteiger partial charge is 0.488 e. The number of barbiturate groups is 1. The molecule has 0 unspecified atom stereocenters. The van der Waals surface area contributed by atoms with Crippen LogP contribution >= 0.6 is 15.9 Å². The molecule has 1 N–H and O–H groups in total. The highest BCUT2D eigenvalue weighted by Crippen LogP contribution is 2.29. The van der Waals surface area contributed by atoms with Crippen LogP contribution in [0.25, 0.3) is 6.08 Å². The molecule has 1 aliphatic rings. The fourth-order valence-electron chi connectivity index (χ4n) is 3.87. The molecule has 0 aromatic heterocycles. The number of nitrogens with one attached hydrogen (secondary N) is 1. The number of imide groups is 2. The van der Waals surface area contributed by atoms with Crippen LogP contribution in [0.15, 0.2) is 70.7 Å². The highest BCUT2D eigenvalue weighted by atomic mass is 79.9. The quantitative estimate of drug-likeness (QED) is 0.195. The first-order valence-corrected chi connectivity index (χ1v) is 11.6. The number of rotatable bonds is 6. The van der Waals surface area contributed by atoms with Gasteiger partial charge in [-0.1, -0.05) is 51.3 Å². The molecule has 0 aliphatic carbocycles. The molecule has 36 heavy (non-hydrogen) atoms. The lowest BCUT2D eigenvalue weighted by molar-refractivity contribution is -0.384. The molecule has 9 nitrogen and oxygen atoms in total. The lowest BCUT2D eigenvalue weighted by Crippen LogP contribution is -2.54. The Kier molecular flexibility index (Phi) is 6.98. The summed E-state index contributed by atoms with van der Waals surface area (Å²) < 4.78 is 6.69. The highest BCUT2D eigenvalue weighted by Gasteiger charge is 2.37. The first kappa shape index (κ1) is 24.8. The second-order valence-corrected chi connectivity index (χ2v) is 9.12. The summed E-state index contributed by atoms with van der Waals surface area (Å²) in [5.41, 5.74) is 2.93. The molecule has 1 saturated heterocycles. The number of hydrogen-bond acceptors (Lipinski definition) is 6. The van der Waals surface area contributed by atoms with E-state index >= 15 is 0 Å². The Morgan fingerprint density at radius 1 is 1.03 bits per heavy atom. The zero-order valence-electron chi connectivity index (χ0n) is 19.3. The van der Waals surface area contributed by atoms with Crippen molar-refractivity contribution in [2.45, 2.75) is 20.5 Å². The number of halogens is 1. The molecule has 1 fully saturated rings. The van der Waals surface area contributed by atoms with Gasteiger partial charge in [0.1, 0.15) is 17.9 Å². The van der Waals surface area contributed by atoms with E-state index in [4.69, 9.17) is 4.74 Å². The number of urea groups is 1. The predicted molar refractivity (Wildman–Crippen MR) is 136 cm³/mol. The Morgan fingerprint density at radius 3 is 2.44 bits per heavy atom. The summed E-state index contributed by atoms with van der Waals surface area (Å²) in [6.45, 7) is 4.25. The average Bonchev–Trinajstić information content (AvgIpc) is 2.80. The van der Waals surface area contributed by atoms with Crippen LogP contribution in [-0.4, -0.2) is 22.8 Å². The number of ether oxygens (including phenoxy) is 1. The molecule has 0 bridgehead atoms. The van der Waals surface area contributed by atoms with Crippen molar-refractivity contribution in [3.05, 3.63) is 103 Å². The van der Waals surface area contributed by atoms with Crippen LogP contribution in [0.2, 0.25) is 0 Å². The van der Waals surface area contributed by atoms with E-state index in [9.17, 15) is 24.5 Å². The average molecular weight is 550 g/mol. The van der Waals surface area contributed by atoms with Crippen LogP contribution in [0.4, 0.5) is 16.2 Å². The van der Waals surface area contributed by atoms with E-state index in [2.05, 4.69) is 27.3 Å². The van der Waals surface area contributed by atoms with Gasteiger partial charge in [-0.2, -0.15) is 0 Å². The van der Waals surface area contributed by atoms with Gasteiger partial charge in [0.25, 0.3) is 17.5 Å². The van der Waals surface area contributed by atoms with Gasteiger partial charge in [0.05, 0.1) is 10.6 Å². The summed E-state index contributed by atoms with van der Waals surface area (Å²) >= 11 is 3.39. The lowest BCUT2D eigenvalue weighted by atomic mass is 10.1. The molecule has 1 heterocycles. The number of amides is 4. The van der Waals surface area contributed by atoms with Crippen LogP contribution < -0.4 is 15.0 Å². The minimum Gasteiger partial charge on any atom is -0.488 e. The topological polar surface area (TPSA) is 119 Å². The number of anilines is 1. The van der Waals surface area contributed by atoms with Gasteiger partial charge in [0, 0.05) is 22.2 Å². The maximum absolute atomic E-state index is 13.2. The summed E-state index contributed by atoms with van der Waals surface area (Å²) in [6, 6.07) is 15.3. The van der Waals surface area contributed by atoms with Crippen LogP contribution in [0.1, 0.15) is 22.3 Å². The molecule has 4 rings (SSSR count). The van der Waals surface area contributed by atoms with Gasteiger partial charge in [0.2, 0.25) is 0 Å². The first-order chi connectivity index (χ1) is 17.1. The number of nitro benzene ring substituents is 1. The summed E-state index contributed by atoms with van der Waals surface area (Å²) in [6.07, 6.45) is 1.33. The number of carbonyl (C=O) groups excluding carboxylic acids is 3. The standard InChI is InChI=1S/C26H20BrN3O6/c1-15-8-16(2)10-17(9-15)14-36-23-7-6-19(27)11-18(23)12-22-24(31)28-26(33)29(25(22)32)20-4-3-5-21(13-20)30(34)35/h3-13H,14H2,1-2H3,(H,28,31,33)/b22-12+. The van der Waals surface area contributed by atoms with Crippen molar-refractivity contribution in [1.82, 2.24) is 5.32 Å². The third-order valence-electron chi connectivity index (χ3n) is 5.35. The molecule has 3 aromatic rings. The van der Waals surface area contributed by atoms with Gasteiger partial charge in [-0.25, -0.2) is 9.69 Å². The van der Waals surface area contributed by atoms with Gasteiger partial charge in [-0.3, -0.25) is 25.0 Å². The number of hydrogen-bond donors (Lipinski definition) is 1. The van der Waals surface area contributed by atoms with E-state index in [1.807, 2.05) is 26.0 Å². The second-order valence-electron chi connectivity index (χ2n) is 8.20. The molecule has 0 radical (unpaired) electrons. The molecular weight excluding hydrogens is 530 g/mol. The smallest absolute Gasteiger partial charge is 0.335 e. The molecule has 4 amide bonds. The van der Waals surface area contributed by atoms with Crippen LogP contribution in [0, 0.1) is 24.0 Å². The minimum atomic E-state index is -0.997. The Morgan fingerprint density at radius 2 is 1.75 bits per heavy atom. The Labute approximate surface area is 214 Å². The lowest BCUT2D eigenvalue weighted by Gasteiger charge is -2.26. The monoisotopic (exact) mass is 549 g/mol. The number of nitrogens with zero attached hydrogens (tertiary/aromatic N) is 2. The van der Waals surface area contributed by atoms with E-state index in [1.165, 1.54) is 24.3 Å². The van der Waals surface area contributed by atoms with Gasteiger partial charge < -0.3 is 4.74 Å². The molecule has 3 aromatic carbocycles. The minimum absolute atomic E-state index is 0.0365. The van der Waals surface area contributed by atoms with E-state index in [1.54, 1.807) is 18.2 Å².